The predicted octanol–water partition coefficient (Wildman–Crippen LogP) is 2.45. The fourth-order valence-corrected chi connectivity index (χ4v) is 3.82. The summed E-state index contributed by atoms with van der Waals surface area (Å²) in [7, 11) is 0. The van der Waals surface area contributed by atoms with Crippen molar-refractivity contribution in [1.29, 1.82) is 0 Å². The van der Waals surface area contributed by atoms with Crippen molar-refractivity contribution in [2.24, 2.45) is 5.73 Å². The summed E-state index contributed by atoms with van der Waals surface area (Å²) in [5.74, 6) is 0. The molecular weight excluding hydrogens is 314 g/mol. The van der Waals surface area contributed by atoms with Crippen LogP contribution in [-0.4, -0.2) is 48.1 Å². The fourth-order valence-electron chi connectivity index (χ4n) is 3.41. The van der Waals surface area contributed by atoms with Gasteiger partial charge in [0.25, 0.3) is 0 Å². The Hall–Kier alpha value is -0.420. The highest BCUT2D eigenvalue weighted by Crippen LogP contribution is 2.23. The molecular formula is C16H24BrN3. The van der Waals surface area contributed by atoms with Crippen molar-refractivity contribution >= 4 is 15.9 Å². The van der Waals surface area contributed by atoms with Crippen LogP contribution in [0.25, 0.3) is 0 Å². The molecule has 2 saturated heterocycles. The Morgan fingerprint density at radius 3 is 2.60 bits per heavy atom. The number of hydrogen-bond donors (Lipinski definition) is 1. The molecule has 4 heteroatoms. The van der Waals surface area contributed by atoms with Gasteiger partial charge in [-0.05, 0) is 44.0 Å². The zero-order chi connectivity index (χ0) is 13.9. The third-order valence-corrected chi connectivity index (χ3v) is 5.46. The number of rotatable bonds is 3. The second kappa shape index (κ2) is 6.56. The summed E-state index contributed by atoms with van der Waals surface area (Å²) >= 11 is 3.65. The topological polar surface area (TPSA) is 32.5 Å². The molecule has 0 bridgehead atoms. The van der Waals surface area contributed by atoms with Crippen LogP contribution in [-0.2, 0) is 6.54 Å². The van der Waals surface area contributed by atoms with Gasteiger partial charge in [-0.25, -0.2) is 0 Å². The van der Waals surface area contributed by atoms with E-state index in [-0.39, 0.29) is 0 Å². The van der Waals surface area contributed by atoms with Crippen LogP contribution in [0, 0.1) is 0 Å². The number of piperidine rings is 1. The van der Waals surface area contributed by atoms with E-state index in [0.717, 1.165) is 12.6 Å². The molecule has 2 aliphatic heterocycles. The number of hydrogen-bond acceptors (Lipinski definition) is 3. The molecule has 20 heavy (non-hydrogen) atoms. The first-order chi connectivity index (χ1) is 9.72. The largest absolute Gasteiger partial charge is 0.328 e. The van der Waals surface area contributed by atoms with E-state index < -0.39 is 0 Å². The average Bonchev–Trinajstić information content (AvgIpc) is 2.91. The summed E-state index contributed by atoms with van der Waals surface area (Å²) in [5.41, 5.74) is 7.40. The molecule has 3 nitrogen and oxygen atoms in total. The minimum Gasteiger partial charge on any atom is -0.328 e. The van der Waals surface area contributed by atoms with Crippen molar-refractivity contribution in [3.8, 4) is 0 Å². The highest BCUT2D eigenvalue weighted by atomic mass is 79.9. The van der Waals surface area contributed by atoms with Crippen molar-refractivity contribution in [1.82, 2.24) is 9.80 Å². The third-order valence-electron chi connectivity index (χ3n) is 4.69. The highest BCUT2D eigenvalue weighted by Gasteiger charge is 2.29. The van der Waals surface area contributed by atoms with Gasteiger partial charge in [0.1, 0.15) is 0 Å². The summed E-state index contributed by atoms with van der Waals surface area (Å²) in [6, 6.07) is 9.73. The van der Waals surface area contributed by atoms with Gasteiger partial charge >= 0.3 is 0 Å². The van der Waals surface area contributed by atoms with Gasteiger partial charge in [0.15, 0.2) is 0 Å². The van der Waals surface area contributed by atoms with Gasteiger partial charge in [-0.2, -0.15) is 0 Å². The second-order valence-corrected chi connectivity index (χ2v) is 7.00. The van der Waals surface area contributed by atoms with Crippen LogP contribution in [0.4, 0.5) is 0 Å². The molecule has 1 atom stereocenters. The standard InChI is InChI=1S/C16H24BrN3/c17-16-4-2-1-3-13(16)11-19-8-7-15(12-19)20-9-5-14(18)6-10-20/h1-4,14-15H,5-12,18H2. The van der Waals surface area contributed by atoms with Gasteiger partial charge in [0.2, 0.25) is 0 Å². The zero-order valence-electron chi connectivity index (χ0n) is 12.0. The van der Waals surface area contributed by atoms with E-state index in [9.17, 15) is 0 Å². The quantitative estimate of drug-likeness (QED) is 0.919. The lowest BCUT2D eigenvalue weighted by Crippen LogP contribution is -2.46. The maximum atomic E-state index is 6.00. The molecule has 2 heterocycles. The van der Waals surface area contributed by atoms with Crippen molar-refractivity contribution in [3.63, 3.8) is 0 Å². The Kier molecular flexibility index (Phi) is 4.76. The van der Waals surface area contributed by atoms with Gasteiger partial charge in [0.05, 0.1) is 0 Å². The number of nitrogens with two attached hydrogens (primary N) is 1. The molecule has 0 amide bonds. The smallest absolute Gasteiger partial charge is 0.0245 e. The Morgan fingerprint density at radius 1 is 1.10 bits per heavy atom. The van der Waals surface area contributed by atoms with E-state index in [2.05, 4.69) is 50.0 Å². The minimum atomic E-state index is 0.434. The van der Waals surface area contributed by atoms with Crippen molar-refractivity contribution in [2.75, 3.05) is 26.2 Å². The zero-order valence-corrected chi connectivity index (χ0v) is 13.6. The molecule has 0 radical (unpaired) electrons. The molecule has 1 aromatic rings. The molecule has 1 aromatic carbocycles. The molecule has 2 N–H and O–H groups in total. The summed E-state index contributed by atoms with van der Waals surface area (Å²) < 4.78 is 1.23. The van der Waals surface area contributed by atoms with Crippen LogP contribution in [0.2, 0.25) is 0 Å². The first-order valence-corrected chi connectivity index (χ1v) is 8.47. The monoisotopic (exact) mass is 337 g/mol. The maximum Gasteiger partial charge on any atom is 0.0245 e. The van der Waals surface area contributed by atoms with E-state index in [0.29, 0.717) is 6.04 Å². The predicted molar refractivity (Wildman–Crippen MR) is 86.6 cm³/mol. The molecule has 2 fully saturated rings. The van der Waals surface area contributed by atoms with Crippen molar-refractivity contribution < 1.29 is 0 Å². The minimum absolute atomic E-state index is 0.434. The number of benzene rings is 1. The molecule has 0 spiro atoms. The number of likely N-dealkylation sites (tertiary alicyclic amines) is 2. The van der Waals surface area contributed by atoms with E-state index in [1.54, 1.807) is 0 Å². The number of nitrogens with zero attached hydrogens (tertiary/aromatic N) is 2. The van der Waals surface area contributed by atoms with Crippen LogP contribution in [0.5, 0.6) is 0 Å². The van der Waals surface area contributed by atoms with E-state index in [4.69, 9.17) is 5.73 Å². The first-order valence-electron chi connectivity index (χ1n) is 7.68. The molecule has 0 aromatic heterocycles. The lowest BCUT2D eigenvalue weighted by atomic mass is 10.0. The average molecular weight is 338 g/mol. The molecule has 0 aliphatic carbocycles. The summed E-state index contributed by atoms with van der Waals surface area (Å²) in [4.78, 5) is 5.24. The molecule has 1 unspecified atom stereocenters. The Morgan fingerprint density at radius 2 is 1.85 bits per heavy atom. The van der Waals surface area contributed by atoms with Gasteiger partial charge in [-0.1, -0.05) is 34.1 Å². The molecule has 110 valence electrons. The summed E-state index contributed by atoms with van der Waals surface area (Å²) in [6.07, 6.45) is 3.64. The van der Waals surface area contributed by atoms with Gasteiger partial charge in [0, 0.05) is 36.2 Å². The van der Waals surface area contributed by atoms with Gasteiger partial charge < -0.3 is 5.73 Å². The Bertz CT molecular complexity index is 443. The van der Waals surface area contributed by atoms with Crippen LogP contribution < -0.4 is 5.73 Å². The van der Waals surface area contributed by atoms with Crippen LogP contribution >= 0.6 is 15.9 Å². The van der Waals surface area contributed by atoms with E-state index in [1.165, 1.54) is 55.5 Å². The third kappa shape index (κ3) is 3.42. The lowest BCUT2D eigenvalue weighted by Gasteiger charge is -2.34. The molecule has 0 saturated carbocycles. The Labute approximate surface area is 130 Å². The van der Waals surface area contributed by atoms with E-state index in [1.807, 2.05) is 0 Å². The number of halogens is 1. The fraction of sp³-hybridized carbons (Fsp3) is 0.625. The summed E-state index contributed by atoms with van der Waals surface area (Å²) in [6.45, 7) is 5.86. The highest BCUT2D eigenvalue weighted by molar-refractivity contribution is 9.10. The second-order valence-electron chi connectivity index (χ2n) is 6.14. The van der Waals surface area contributed by atoms with Crippen molar-refractivity contribution in [2.45, 2.75) is 37.9 Å². The van der Waals surface area contributed by atoms with Gasteiger partial charge in [-0.15, -0.1) is 0 Å². The van der Waals surface area contributed by atoms with Crippen LogP contribution in [0.1, 0.15) is 24.8 Å². The molecule has 3 rings (SSSR count). The van der Waals surface area contributed by atoms with Gasteiger partial charge in [-0.3, -0.25) is 9.80 Å². The molecule has 2 aliphatic rings. The first kappa shape index (κ1) is 14.5. The lowest BCUT2D eigenvalue weighted by molar-refractivity contribution is 0.151. The Balaban J connectivity index is 1.53. The van der Waals surface area contributed by atoms with Crippen molar-refractivity contribution in [3.05, 3.63) is 34.3 Å². The summed E-state index contributed by atoms with van der Waals surface area (Å²) in [5, 5.41) is 0. The SMILES string of the molecule is NC1CCN(C2CCN(Cc3ccccc3Br)C2)CC1. The van der Waals surface area contributed by atoms with Crippen LogP contribution in [0.15, 0.2) is 28.7 Å². The van der Waals surface area contributed by atoms with E-state index >= 15 is 0 Å². The van der Waals surface area contributed by atoms with Crippen LogP contribution in [0.3, 0.4) is 0 Å². The maximum absolute atomic E-state index is 6.00. The normalized spacial score (nSPS) is 26.2.